The number of amides is 1. The van der Waals surface area contributed by atoms with Crippen LogP contribution in [0.2, 0.25) is 0 Å². The molecule has 6 heteroatoms. The molecule has 6 nitrogen and oxygen atoms in total. The first-order valence-electron chi connectivity index (χ1n) is 9.14. The lowest BCUT2D eigenvalue weighted by molar-refractivity contribution is -0.133. The molecule has 1 amide bonds. The molecule has 0 saturated heterocycles. The second kappa shape index (κ2) is 7.48. The van der Waals surface area contributed by atoms with Gasteiger partial charge in [0.2, 0.25) is 12.7 Å². The van der Waals surface area contributed by atoms with Crippen LogP contribution < -0.4 is 14.2 Å². The molecule has 0 aromatic heterocycles. The molecule has 142 valence electrons. The number of hydrogen-bond acceptors (Lipinski definition) is 5. The summed E-state index contributed by atoms with van der Waals surface area (Å²) >= 11 is 0. The topological polar surface area (TPSA) is 51.2 Å². The Morgan fingerprint density at radius 3 is 2.41 bits per heavy atom. The number of hydrogen-bond donors (Lipinski definition) is 0. The van der Waals surface area contributed by atoms with Gasteiger partial charge in [0, 0.05) is 19.5 Å². The largest absolute Gasteiger partial charge is 0.493 e. The lowest BCUT2D eigenvalue weighted by Gasteiger charge is -2.25. The Balaban J connectivity index is 1.54. The van der Waals surface area contributed by atoms with E-state index in [-0.39, 0.29) is 12.7 Å². The van der Waals surface area contributed by atoms with E-state index in [2.05, 4.69) is 6.07 Å². The third-order valence-electron chi connectivity index (χ3n) is 4.74. The highest BCUT2D eigenvalue weighted by molar-refractivity contribution is 5.78. The smallest absolute Gasteiger partial charge is 0.237 e. The van der Waals surface area contributed by atoms with Crippen LogP contribution >= 0.6 is 0 Å². The predicted molar refractivity (Wildman–Crippen MR) is 101 cm³/mol. The van der Waals surface area contributed by atoms with Crippen molar-refractivity contribution in [2.45, 2.75) is 19.5 Å². The molecule has 0 bridgehead atoms. The lowest BCUT2D eigenvalue weighted by Crippen LogP contribution is -2.37. The molecule has 2 aliphatic heterocycles. The van der Waals surface area contributed by atoms with Crippen molar-refractivity contribution < 1.29 is 19.0 Å². The zero-order valence-corrected chi connectivity index (χ0v) is 15.7. The van der Waals surface area contributed by atoms with Crippen molar-refractivity contribution in [2.75, 3.05) is 34.0 Å². The monoisotopic (exact) mass is 368 g/mol. The van der Waals surface area contributed by atoms with Gasteiger partial charge in [0.1, 0.15) is 5.75 Å². The molecule has 2 heterocycles. The SMILES string of the molecule is CN(C)CC(=O)N(Cc1ccc2c(c1)CCO2)Cc1ccc2c(c1)OCO2. The average molecular weight is 368 g/mol. The Bertz CT molecular complexity index is 791. The van der Waals surface area contributed by atoms with Crippen LogP contribution in [0.15, 0.2) is 36.4 Å². The van der Waals surface area contributed by atoms with Crippen LogP contribution in [0, 0.1) is 0 Å². The maximum absolute atomic E-state index is 12.8. The zero-order valence-electron chi connectivity index (χ0n) is 15.7. The fourth-order valence-electron chi connectivity index (χ4n) is 3.42. The van der Waals surface area contributed by atoms with Crippen LogP contribution in [0.3, 0.4) is 0 Å². The minimum absolute atomic E-state index is 0.0921. The first-order valence-corrected chi connectivity index (χ1v) is 9.14. The van der Waals surface area contributed by atoms with Crippen molar-refractivity contribution in [2.24, 2.45) is 0 Å². The van der Waals surface area contributed by atoms with Gasteiger partial charge in [0.15, 0.2) is 11.5 Å². The number of carbonyl (C=O) groups excluding carboxylic acids is 1. The maximum atomic E-state index is 12.8. The number of carbonyl (C=O) groups is 1. The van der Waals surface area contributed by atoms with Gasteiger partial charge in [-0.05, 0) is 49.0 Å². The fraction of sp³-hybridized carbons (Fsp3) is 0.381. The fourth-order valence-corrected chi connectivity index (χ4v) is 3.42. The second-order valence-corrected chi connectivity index (χ2v) is 7.22. The molecule has 0 fully saturated rings. The molecule has 0 unspecified atom stereocenters. The molecule has 0 atom stereocenters. The highest BCUT2D eigenvalue weighted by Crippen LogP contribution is 2.33. The Kier molecular flexibility index (Phi) is 4.90. The van der Waals surface area contributed by atoms with E-state index < -0.39 is 0 Å². The molecular weight excluding hydrogens is 344 g/mol. The van der Waals surface area contributed by atoms with Gasteiger partial charge < -0.3 is 24.0 Å². The van der Waals surface area contributed by atoms with Gasteiger partial charge in [0.05, 0.1) is 13.2 Å². The van der Waals surface area contributed by atoms with Gasteiger partial charge in [-0.15, -0.1) is 0 Å². The summed E-state index contributed by atoms with van der Waals surface area (Å²) in [6.45, 7) is 2.45. The summed E-state index contributed by atoms with van der Waals surface area (Å²) in [4.78, 5) is 16.6. The Morgan fingerprint density at radius 1 is 0.926 bits per heavy atom. The van der Waals surface area contributed by atoms with E-state index in [1.54, 1.807) is 0 Å². The third-order valence-corrected chi connectivity index (χ3v) is 4.74. The van der Waals surface area contributed by atoms with Crippen molar-refractivity contribution >= 4 is 5.91 Å². The molecule has 4 rings (SSSR count). The summed E-state index contributed by atoms with van der Waals surface area (Å²) in [5.74, 6) is 2.54. The van der Waals surface area contributed by atoms with Gasteiger partial charge in [-0.25, -0.2) is 0 Å². The number of ether oxygens (including phenoxy) is 3. The normalized spacial score (nSPS) is 14.2. The van der Waals surface area contributed by atoms with Crippen LogP contribution in [-0.2, 0) is 24.3 Å². The Morgan fingerprint density at radius 2 is 1.63 bits per heavy atom. The first kappa shape index (κ1) is 17.7. The van der Waals surface area contributed by atoms with Crippen molar-refractivity contribution in [1.29, 1.82) is 0 Å². The molecule has 2 aromatic carbocycles. The third kappa shape index (κ3) is 4.01. The molecule has 0 radical (unpaired) electrons. The number of likely N-dealkylation sites (N-methyl/N-ethyl adjacent to an activating group) is 1. The number of fused-ring (bicyclic) bond motifs is 2. The van der Waals surface area contributed by atoms with E-state index in [0.29, 0.717) is 19.6 Å². The Hall–Kier alpha value is -2.73. The minimum Gasteiger partial charge on any atom is -0.493 e. The summed E-state index contributed by atoms with van der Waals surface area (Å²) < 4.78 is 16.4. The van der Waals surface area contributed by atoms with E-state index in [4.69, 9.17) is 14.2 Å². The molecule has 0 aliphatic carbocycles. The van der Waals surface area contributed by atoms with Crippen LogP contribution in [0.25, 0.3) is 0 Å². The number of rotatable bonds is 6. The van der Waals surface area contributed by atoms with Gasteiger partial charge in [-0.2, -0.15) is 0 Å². The van der Waals surface area contributed by atoms with E-state index in [1.807, 2.05) is 54.2 Å². The van der Waals surface area contributed by atoms with Gasteiger partial charge >= 0.3 is 0 Å². The highest BCUT2D eigenvalue weighted by atomic mass is 16.7. The van der Waals surface area contributed by atoms with Gasteiger partial charge in [-0.1, -0.05) is 18.2 Å². The number of benzene rings is 2. The molecule has 2 aliphatic rings. The van der Waals surface area contributed by atoms with E-state index >= 15 is 0 Å². The van der Waals surface area contributed by atoms with Crippen molar-refractivity contribution in [1.82, 2.24) is 9.80 Å². The van der Waals surface area contributed by atoms with Gasteiger partial charge in [0.25, 0.3) is 0 Å². The van der Waals surface area contributed by atoms with Crippen LogP contribution in [0.1, 0.15) is 16.7 Å². The van der Waals surface area contributed by atoms with Crippen molar-refractivity contribution in [3.63, 3.8) is 0 Å². The molecule has 0 N–H and O–H groups in total. The van der Waals surface area contributed by atoms with Crippen molar-refractivity contribution in [3.05, 3.63) is 53.1 Å². The quantitative estimate of drug-likeness (QED) is 0.784. The molecule has 2 aromatic rings. The zero-order chi connectivity index (χ0) is 18.8. The maximum Gasteiger partial charge on any atom is 0.237 e. The van der Waals surface area contributed by atoms with Crippen LogP contribution in [-0.4, -0.2) is 49.7 Å². The van der Waals surface area contributed by atoms with E-state index in [9.17, 15) is 4.79 Å². The van der Waals surface area contributed by atoms with E-state index in [0.717, 1.165) is 41.4 Å². The van der Waals surface area contributed by atoms with Gasteiger partial charge in [-0.3, -0.25) is 4.79 Å². The Labute approximate surface area is 159 Å². The lowest BCUT2D eigenvalue weighted by atomic mass is 10.1. The van der Waals surface area contributed by atoms with Crippen LogP contribution in [0.4, 0.5) is 0 Å². The molecule has 0 spiro atoms. The summed E-state index contributed by atoms with van der Waals surface area (Å²) in [5, 5.41) is 0. The minimum atomic E-state index is 0.0921. The number of nitrogens with zero attached hydrogens (tertiary/aromatic N) is 2. The van der Waals surface area contributed by atoms with Crippen molar-refractivity contribution in [3.8, 4) is 17.2 Å². The summed E-state index contributed by atoms with van der Waals surface area (Å²) in [7, 11) is 3.81. The highest BCUT2D eigenvalue weighted by Gasteiger charge is 2.20. The van der Waals surface area contributed by atoms with Crippen LogP contribution in [0.5, 0.6) is 17.2 Å². The molecule has 27 heavy (non-hydrogen) atoms. The van der Waals surface area contributed by atoms with E-state index in [1.165, 1.54) is 5.56 Å². The summed E-state index contributed by atoms with van der Waals surface area (Å²) in [6.07, 6.45) is 0.928. The molecular formula is C21H24N2O4. The standard InChI is InChI=1S/C21H24N2O4/c1-22(2)13-21(24)23(11-15-3-5-18-17(9-15)7-8-25-18)12-16-4-6-19-20(10-16)27-14-26-19/h3-6,9-10H,7-8,11-14H2,1-2H3. The predicted octanol–water partition coefficient (Wildman–Crippen LogP) is 2.44. The summed E-state index contributed by atoms with van der Waals surface area (Å²) in [6, 6.07) is 12.0. The molecule has 0 saturated carbocycles. The second-order valence-electron chi connectivity index (χ2n) is 7.22. The summed E-state index contributed by atoms with van der Waals surface area (Å²) in [5.41, 5.74) is 3.36. The average Bonchev–Trinajstić information content (AvgIpc) is 3.28. The first-order chi connectivity index (χ1) is 13.1.